The van der Waals surface area contributed by atoms with E-state index in [0.29, 0.717) is 0 Å². The van der Waals surface area contributed by atoms with Gasteiger partial charge in [-0.2, -0.15) is 0 Å². The van der Waals surface area contributed by atoms with Crippen molar-refractivity contribution in [2.75, 3.05) is 24.6 Å². The Morgan fingerprint density at radius 2 is 2.25 bits per heavy atom. The van der Waals surface area contributed by atoms with Crippen molar-refractivity contribution in [1.82, 2.24) is 4.90 Å². The van der Waals surface area contributed by atoms with Gasteiger partial charge < -0.3 is 4.90 Å². The Morgan fingerprint density at radius 1 is 1.58 bits per heavy atom. The summed E-state index contributed by atoms with van der Waals surface area (Å²) in [5, 5.41) is 0. The molecule has 0 aromatic heterocycles. The van der Waals surface area contributed by atoms with Gasteiger partial charge in [-0.1, -0.05) is 53.8 Å². The Bertz CT molecular complexity index is 152. The van der Waals surface area contributed by atoms with Gasteiger partial charge in [-0.3, -0.25) is 0 Å². The first-order valence-corrected chi connectivity index (χ1v) is 5.82. The van der Waals surface area contributed by atoms with E-state index in [9.17, 15) is 0 Å². The Morgan fingerprint density at radius 3 is 2.75 bits per heavy atom. The number of alkyl halides is 1. The van der Waals surface area contributed by atoms with Gasteiger partial charge in [-0.25, -0.2) is 0 Å². The summed E-state index contributed by atoms with van der Waals surface area (Å²) in [4.78, 5) is 2.29. The van der Waals surface area contributed by atoms with E-state index >= 15 is 0 Å². The Balaban J connectivity index is 3.50. The quantitative estimate of drug-likeness (QED) is 0.410. The summed E-state index contributed by atoms with van der Waals surface area (Å²) in [5.74, 6) is 0. The molecule has 0 atom stereocenters. The van der Waals surface area contributed by atoms with E-state index in [4.69, 9.17) is 0 Å². The first kappa shape index (κ1) is 12.2. The largest absolute Gasteiger partial charge is 0.306 e. The van der Waals surface area contributed by atoms with Crippen molar-refractivity contribution < 1.29 is 0 Å². The number of hydrogen-bond acceptors (Lipinski definition) is 1. The molecule has 0 aromatic carbocycles. The maximum atomic E-state index is 3.98. The van der Waals surface area contributed by atoms with Gasteiger partial charge in [0.15, 0.2) is 0 Å². The van der Waals surface area contributed by atoms with E-state index < -0.39 is 0 Å². The minimum atomic E-state index is 1.07. The third-order valence-corrected chi connectivity index (χ3v) is 2.31. The smallest absolute Gasteiger partial charge is 0.0179 e. The zero-order chi connectivity index (χ0) is 9.40. The minimum Gasteiger partial charge on any atom is -0.306 e. The number of rotatable bonds is 6. The first-order chi connectivity index (χ1) is 5.70. The fraction of sp³-hybridized carbons (Fsp3) is 0.600. The predicted octanol–water partition coefficient (Wildman–Crippen LogP) is 2.88. The summed E-state index contributed by atoms with van der Waals surface area (Å²) in [7, 11) is 2.13. The van der Waals surface area contributed by atoms with E-state index in [2.05, 4.69) is 60.2 Å². The second kappa shape index (κ2) is 7.80. The number of allylic oxidation sites excluding steroid dienone is 2. The van der Waals surface area contributed by atoms with Crippen molar-refractivity contribution in [3.63, 3.8) is 0 Å². The van der Waals surface area contributed by atoms with Crippen LogP contribution < -0.4 is 0 Å². The highest BCUT2D eigenvalue weighted by Crippen LogP contribution is 2.01. The van der Waals surface area contributed by atoms with Gasteiger partial charge in [0, 0.05) is 11.0 Å². The Hall–Kier alpha value is 0.170. The van der Waals surface area contributed by atoms with E-state index in [-0.39, 0.29) is 0 Å². The van der Waals surface area contributed by atoms with Gasteiger partial charge in [-0.05, 0) is 20.0 Å². The van der Waals surface area contributed by atoms with Gasteiger partial charge in [0.2, 0.25) is 0 Å². The SMILES string of the molecule is C=C(/C=C\CI)CCN(C)CC. The molecule has 0 saturated heterocycles. The van der Waals surface area contributed by atoms with Gasteiger partial charge in [0.1, 0.15) is 0 Å². The van der Waals surface area contributed by atoms with Crippen LogP contribution in [0.25, 0.3) is 0 Å². The van der Waals surface area contributed by atoms with Crippen LogP contribution in [0, 0.1) is 0 Å². The topological polar surface area (TPSA) is 3.24 Å². The zero-order valence-corrected chi connectivity index (χ0v) is 10.2. The van der Waals surface area contributed by atoms with Gasteiger partial charge in [0.25, 0.3) is 0 Å². The van der Waals surface area contributed by atoms with Crippen LogP contribution >= 0.6 is 22.6 Å². The fourth-order valence-electron chi connectivity index (χ4n) is 0.787. The van der Waals surface area contributed by atoms with Crippen molar-refractivity contribution in [2.24, 2.45) is 0 Å². The third-order valence-electron chi connectivity index (χ3n) is 1.80. The van der Waals surface area contributed by atoms with Crippen molar-refractivity contribution in [3.05, 3.63) is 24.3 Å². The normalized spacial score (nSPS) is 11.3. The molecule has 0 aliphatic heterocycles. The van der Waals surface area contributed by atoms with Gasteiger partial charge >= 0.3 is 0 Å². The van der Waals surface area contributed by atoms with Crippen molar-refractivity contribution in [2.45, 2.75) is 13.3 Å². The maximum absolute atomic E-state index is 3.98. The summed E-state index contributed by atoms with van der Waals surface area (Å²) in [6.07, 6.45) is 5.35. The lowest BCUT2D eigenvalue weighted by Gasteiger charge is -2.12. The molecule has 0 aliphatic carbocycles. The molecule has 0 saturated carbocycles. The molecule has 0 radical (unpaired) electrons. The molecule has 2 heteroatoms. The number of halogens is 1. The summed E-state index contributed by atoms with van der Waals surface area (Å²) >= 11 is 2.33. The molecule has 70 valence electrons. The van der Waals surface area contributed by atoms with Gasteiger partial charge in [-0.15, -0.1) is 0 Å². The van der Waals surface area contributed by atoms with E-state index in [1.165, 1.54) is 5.57 Å². The van der Waals surface area contributed by atoms with E-state index in [1.807, 2.05) is 0 Å². The van der Waals surface area contributed by atoms with Crippen LogP contribution in [0.15, 0.2) is 24.3 Å². The summed E-state index contributed by atoms with van der Waals surface area (Å²) in [6, 6.07) is 0. The monoisotopic (exact) mass is 279 g/mol. The van der Waals surface area contributed by atoms with Crippen LogP contribution in [-0.4, -0.2) is 29.5 Å². The van der Waals surface area contributed by atoms with Crippen LogP contribution in [0.2, 0.25) is 0 Å². The molecule has 0 rings (SSSR count). The molecule has 0 amide bonds. The third kappa shape index (κ3) is 6.85. The molecule has 12 heavy (non-hydrogen) atoms. The Labute approximate surface area is 89.7 Å². The zero-order valence-electron chi connectivity index (χ0n) is 8.02. The Kier molecular flexibility index (Phi) is 7.91. The molecule has 1 nitrogen and oxygen atoms in total. The predicted molar refractivity (Wildman–Crippen MR) is 65.0 cm³/mol. The molecule has 0 fully saturated rings. The highest BCUT2D eigenvalue weighted by atomic mass is 127. The highest BCUT2D eigenvalue weighted by molar-refractivity contribution is 14.1. The van der Waals surface area contributed by atoms with E-state index in [0.717, 1.165) is 23.9 Å². The molecule has 0 N–H and O–H groups in total. The maximum Gasteiger partial charge on any atom is 0.0179 e. The molecule has 0 aliphatic rings. The summed E-state index contributed by atoms with van der Waals surface area (Å²) < 4.78 is 1.07. The standard InChI is InChI=1S/C10H18IN/c1-4-12(3)9-7-10(2)6-5-8-11/h5-6H,2,4,7-9H2,1,3H3/b6-5-. The van der Waals surface area contributed by atoms with Gasteiger partial charge in [0.05, 0.1) is 0 Å². The van der Waals surface area contributed by atoms with Crippen LogP contribution in [0.5, 0.6) is 0 Å². The van der Waals surface area contributed by atoms with E-state index in [1.54, 1.807) is 0 Å². The average molecular weight is 279 g/mol. The van der Waals surface area contributed by atoms with Crippen LogP contribution in [0.4, 0.5) is 0 Å². The summed E-state index contributed by atoms with van der Waals surface area (Å²) in [5.41, 5.74) is 1.23. The highest BCUT2D eigenvalue weighted by Gasteiger charge is 1.94. The molecule has 0 bridgehead atoms. The molecular weight excluding hydrogens is 261 g/mol. The lowest BCUT2D eigenvalue weighted by atomic mass is 10.2. The minimum absolute atomic E-state index is 1.07. The summed E-state index contributed by atoms with van der Waals surface area (Å²) in [6.45, 7) is 8.38. The lowest BCUT2D eigenvalue weighted by Crippen LogP contribution is -2.18. The molecule has 0 heterocycles. The van der Waals surface area contributed by atoms with Crippen LogP contribution in [0.1, 0.15) is 13.3 Å². The molecule has 0 aromatic rings. The van der Waals surface area contributed by atoms with Crippen LogP contribution in [-0.2, 0) is 0 Å². The number of nitrogens with zero attached hydrogens (tertiary/aromatic N) is 1. The van der Waals surface area contributed by atoms with Crippen molar-refractivity contribution >= 4 is 22.6 Å². The molecule has 0 spiro atoms. The van der Waals surface area contributed by atoms with Crippen molar-refractivity contribution in [3.8, 4) is 0 Å². The molecule has 0 unspecified atom stereocenters. The number of hydrogen-bond donors (Lipinski definition) is 0. The first-order valence-electron chi connectivity index (χ1n) is 4.29. The average Bonchev–Trinajstić information content (AvgIpc) is 2.10. The second-order valence-electron chi connectivity index (χ2n) is 2.86. The molecular formula is C10H18IN. The van der Waals surface area contributed by atoms with Crippen molar-refractivity contribution in [1.29, 1.82) is 0 Å². The van der Waals surface area contributed by atoms with Crippen LogP contribution in [0.3, 0.4) is 0 Å². The fourth-order valence-corrected chi connectivity index (χ4v) is 1.04. The lowest BCUT2D eigenvalue weighted by molar-refractivity contribution is 0.358. The second-order valence-corrected chi connectivity index (χ2v) is 3.74.